The molecule has 6 heteroatoms. The topological polar surface area (TPSA) is 77.8 Å². The summed E-state index contributed by atoms with van der Waals surface area (Å²) in [5.74, 6) is -2.22. The summed E-state index contributed by atoms with van der Waals surface area (Å²) in [6.07, 6.45) is 0.253. The van der Waals surface area contributed by atoms with Gasteiger partial charge in [-0.15, -0.1) is 0 Å². The van der Waals surface area contributed by atoms with E-state index in [1.54, 1.807) is 11.9 Å². The van der Waals surface area contributed by atoms with Crippen LogP contribution in [0.25, 0.3) is 0 Å². The van der Waals surface area contributed by atoms with Gasteiger partial charge < -0.3 is 10.2 Å². The largest absolute Gasteiger partial charge is 0.481 e. The molecule has 0 radical (unpaired) electrons. The first-order valence-corrected chi connectivity index (χ1v) is 6.59. The lowest BCUT2D eigenvalue weighted by Gasteiger charge is -2.23. The molecular formula is C13H16BrNO4. The van der Waals surface area contributed by atoms with Crippen molar-refractivity contribution < 1.29 is 19.8 Å². The highest BCUT2D eigenvalue weighted by atomic mass is 79.9. The minimum Gasteiger partial charge on any atom is -0.481 e. The second kappa shape index (κ2) is 7.25. The van der Waals surface area contributed by atoms with Crippen LogP contribution in [-0.2, 0) is 16.0 Å². The van der Waals surface area contributed by atoms with E-state index in [-0.39, 0.29) is 0 Å². The Balaban J connectivity index is 2.62. The zero-order valence-electron chi connectivity index (χ0n) is 10.5. The number of rotatable bonds is 7. The van der Waals surface area contributed by atoms with Gasteiger partial charge in [0, 0.05) is 11.0 Å². The molecule has 0 aromatic heterocycles. The van der Waals surface area contributed by atoms with Crippen LogP contribution in [0.2, 0.25) is 0 Å². The van der Waals surface area contributed by atoms with Crippen LogP contribution in [-0.4, -0.2) is 46.7 Å². The molecule has 1 aromatic carbocycles. The molecule has 104 valence electrons. The molecule has 1 aromatic rings. The Labute approximate surface area is 120 Å². The molecule has 0 aliphatic heterocycles. The summed E-state index contributed by atoms with van der Waals surface area (Å²) in [7, 11) is 1.62. The SMILES string of the molecule is CN(CCc1ccccc1Br)C(CC(=O)O)C(=O)O. The molecule has 5 nitrogen and oxygen atoms in total. The van der Waals surface area contributed by atoms with Gasteiger partial charge in [-0.1, -0.05) is 34.1 Å². The van der Waals surface area contributed by atoms with Crippen LogP contribution < -0.4 is 0 Å². The Morgan fingerprint density at radius 1 is 1.32 bits per heavy atom. The standard InChI is InChI=1S/C13H16BrNO4/c1-15(11(13(18)19)8-12(16)17)7-6-9-4-2-3-5-10(9)14/h2-5,11H,6-8H2,1H3,(H,16,17)(H,18,19). The maximum atomic E-state index is 11.0. The zero-order valence-corrected chi connectivity index (χ0v) is 12.1. The summed E-state index contributed by atoms with van der Waals surface area (Å²) in [5.41, 5.74) is 1.06. The number of likely N-dealkylation sites (N-methyl/N-ethyl adjacent to an activating group) is 1. The van der Waals surface area contributed by atoms with Gasteiger partial charge in [0.05, 0.1) is 6.42 Å². The normalized spacial score (nSPS) is 12.4. The number of hydrogen-bond donors (Lipinski definition) is 2. The predicted molar refractivity (Wildman–Crippen MR) is 74.2 cm³/mol. The predicted octanol–water partition coefficient (Wildman–Crippen LogP) is 1.85. The van der Waals surface area contributed by atoms with Gasteiger partial charge in [-0.2, -0.15) is 0 Å². The van der Waals surface area contributed by atoms with Crippen molar-refractivity contribution in [2.45, 2.75) is 18.9 Å². The van der Waals surface area contributed by atoms with Gasteiger partial charge in [0.1, 0.15) is 6.04 Å². The number of aliphatic carboxylic acids is 2. The summed E-state index contributed by atoms with van der Waals surface area (Å²) in [6.45, 7) is 0.479. The van der Waals surface area contributed by atoms with Crippen LogP contribution >= 0.6 is 15.9 Å². The fraction of sp³-hybridized carbons (Fsp3) is 0.385. The Hall–Kier alpha value is -1.40. The van der Waals surface area contributed by atoms with Crippen molar-refractivity contribution in [3.63, 3.8) is 0 Å². The number of carbonyl (C=O) groups is 2. The Bertz CT molecular complexity index is 464. The van der Waals surface area contributed by atoms with Gasteiger partial charge in [0.2, 0.25) is 0 Å². The van der Waals surface area contributed by atoms with Crippen molar-refractivity contribution in [1.29, 1.82) is 0 Å². The van der Waals surface area contributed by atoms with Crippen LogP contribution in [0, 0.1) is 0 Å². The fourth-order valence-corrected chi connectivity index (χ4v) is 2.23. The highest BCUT2D eigenvalue weighted by Gasteiger charge is 2.25. The first-order chi connectivity index (χ1) is 8.91. The van der Waals surface area contributed by atoms with Crippen molar-refractivity contribution in [2.75, 3.05) is 13.6 Å². The van der Waals surface area contributed by atoms with E-state index in [0.717, 1.165) is 10.0 Å². The molecule has 0 aliphatic rings. The zero-order chi connectivity index (χ0) is 14.4. The molecule has 19 heavy (non-hydrogen) atoms. The monoisotopic (exact) mass is 329 g/mol. The molecule has 2 N–H and O–H groups in total. The molecule has 0 saturated carbocycles. The molecule has 0 bridgehead atoms. The summed E-state index contributed by atoms with van der Waals surface area (Å²) >= 11 is 3.42. The lowest BCUT2D eigenvalue weighted by atomic mass is 10.1. The maximum absolute atomic E-state index is 11.0. The van der Waals surface area contributed by atoms with E-state index < -0.39 is 24.4 Å². The van der Waals surface area contributed by atoms with E-state index in [9.17, 15) is 9.59 Å². The summed E-state index contributed by atoms with van der Waals surface area (Å²) in [4.78, 5) is 23.2. The first kappa shape index (κ1) is 15.7. The minimum absolute atomic E-state index is 0.401. The molecular weight excluding hydrogens is 314 g/mol. The second-order valence-electron chi connectivity index (χ2n) is 4.27. The molecule has 1 unspecified atom stereocenters. The van der Waals surface area contributed by atoms with E-state index in [1.165, 1.54) is 0 Å². The van der Waals surface area contributed by atoms with Crippen molar-refractivity contribution in [2.24, 2.45) is 0 Å². The number of carboxylic acid groups (broad SMARTS) is 2. The highest BCUT2D eigenvalue weighted by Crippen LogP contribution is 2.17. The number of hydrogen-bond acceptors (Lipinski definition) is 3. The van der Waals surface area contributed by atoms with Gasteiger partial charge in [0.15, 0.2) is 0 Å². The molecule has 0 amide bonds. The van der Waals surface area contributed by atoms with Crippen LogP contribution in [0.1, 0.15) is 12.0 Å². The molecule has 0 saturated heterocycles. The van der Waals surface area contributed by atoms with Crippen molar-refractivity contribution in [3.05, 3.63) is 34.3 Å². The third-order valence-corrected chi connectivity index (χ3v) is 3.65. The molecule has 0 aliphatic carbocycles. The third-order valence-electron chi connectivity index (χ3n) is 2.88. The van der Waals surface area contributed by atoms with E-state index in [0.29, 0.717) is 13.0 Å². The lowest BCUT2D eigenvalue weighted by molar-refractivity contribution is -0.149. The summed E-state index contributed by atoms with van der Waals surface area (Å²) < 4.78 is 0.966. The fourth-order valence-electron chi connectivity index (χ4n) is 1.75. The molecule has 0 fully saturated rings. The Morgan fingerprint density at radius 2 is 1.95 bits per heavy atom. The maximum Gasteiger partial charge on any atom is 0.321 e. The van der Waals surface area contributed by atoms with Crippen LogP contribution in [0.4, 0.5) is 0 Å². The van der Waals surface area contributed by atoms with E-state index >= 15 is 0 Å². The second-order valence-corrected chi connectivity index (χ2v) is 5.13. The molecule has 1 rings (SSSR count). The van der Waals surface area contributed by atoms with E-state index in [2.05, 4.69) is 15.9 Å². The first-order valence-electron chi connectivity index (χ1n) is 5.80. The van der Waals surface area contributed by atoms with E-state index in [1.807, 2.05) is 24.3 Å². The van der Waals surface area contributed by atoms with Gasteiger partial charge in [-0.05, 0) is 25.1 Å². The van der Waals surface area contributed by atoms with Crippen LogP contribution in [0.15, 0.2) is 28.7 Å². The smallest absolute Gasteiger partial charge is 0.321 e. The third kappa shape index (κ3) is 5.00. The Morgan fingerprint density at radius 3 is 2.47 bits per heavy atom. The molecule has 0 spiro atoms. The summed E-state index contributed by atoms with van der Waals surface area (Å²) in [5, 5.41) is 17.7. The quantitative estimate of drug-likeness (QED) is 0.798. The average Bonchev–Trinajstić information content (AvgIpc) is 2.34. The van der Waals surface area contributed by atoms with Gasteiger partial charge in [0.25, 0.3) is 0 Å². The number of nitrogens with zero attached hydrogens (tertiary/aromatic N) is 1. The van der Waals surface area contributed by atoms with Crippen LogP contribution in [0.5, 0.6) is 0 Å². The van der Waals surface area contributed by atoms with Gasteiger partial charge in [-0.3, -0.25) is 14.5 Å². The number of carboxylic acids is 2. The van der Waals surface area contributed by atoms with Gasteiger partial charge >= 0.3 is 11.9 Å². The average molecular weight is 330 g/mol. The number of benzene rings is 1. The lowest BCUT2D eigenvalue weighted by Crippen LogP contribution is -2.41. The molecule has 0 heterocycles. The van der Waals surface area contributed by atoms with E-state index in [4.69, 9.17) is 10.2 Å². The van der Waals surface area contributed by atoms with Crippen LogP contribution in [0.3, 0.4) is 0 Å². The summed E-state index contributed by atoms with van der Waals surface area (Å²) in [6, 6.07) is 6.68. The number of halogens is 1. The minimum atomic E-state index is -1.11. The molecule has 1 atom stereocenters. The highest BCUT2D eigenvalue weighted by molar-refractivity contribution is 9.10. The van der Waals surface area contributed by atoms with Crippen molar-refractivity contribution >= 4 is 27.9 Å². The van der Waals surface area contributed by atoms with Crippen molar-refractivity contribution in [1.82, 2.24) is 4.90 Å². The van der Waals surface area contributed by atoms with Gasteiger partial charge in [-0.25, -0.2) is 0 Å². The Kier molecular flexibility index (Phi) is 5.98. The van der Waals surface area contributed by atoms with Crippen molar-refractivity contribution in [3.8, 4) is 0 Å².